The third kappa shape index (κ3) is 42.7. The van der Waals surface area contributed by atoms with Crippen molar-refractivity contribution in [3.05, 3.63) is 48.6 Å². The Morgan fingerprint density at radius 3 is 1.33 bits per heavy atom. The maximum absolute atomic E-state index is 12.4. The van der Waals surface area contributed by atoms with Crippen molar-refractivity contribution in [1.82, 2.24) is 0 Å². The Hall–Kier alpha value is -1.99. The van der Waals surface area contributed by atoms with Crippen molar-refractivity contribution in [3.8, 4) is 0 Å². The van der Waals surface area contributed by atoms with Gasteiger partial charge in [-0.3, -0.25) is 14.1 Å². The Balaban J connectivity index is 3.92. The fourth-order valence-corrected chi connectivity index (χ4v) is 6.38. The van der Waals surface area contributed by atoms with Crippen molar-refractivity contribution >= 4 is 19.8 Å². The molecule has 0 aromatic rings. The lowest BCUT2D eigenvalue weighted by atomic mass is 10.0. The van der Waals surface area contributed by atoms with Gasteiger partial charge in [-0.25, -0.2) is 4.57 Å². The highest BCUT2D eigenvalue weighted by atomic mass is 31.2. The molecule has 0 amide bonds. The Kier molecular flexibility index (Phi) is 39.2. The van der Waals surface area contributed by atoms with E-state index in [-0.39, 0.29) is 19.4 Å². The number of allylic oxidation sites excluding steroid dienone is 8. The number of phosphoric acid groups is 1. The number of unbranched alkanes of at least 4 members (excludes halogenated alkanes) is 22. The van der Waals surface area contributed by atoms with E-state index >= 15 is 0 Å². The summed E-state index contributed by atoms with van der Waals surface area (Å²) in [5.41, 5.74) is 0. The van der Waals surface area contributed by atoms with Gasteiger partial charge in [0.1, 0.15) is 6.61 Å². The van der Waals surface area contributed by atoms with Gasteiger partial charge in [-0.1, -0.05) is 165 Å². The molecule has 0 saturated carbocycles. The Bertz CT molecular complexity index is 1020. The van der Waals surface area contributed by atoms with E-state index in [1.807, 2.05) is 0 Å². The van der Waals surface area contributed by atoms with Gasteiger partial charge in [-0.05, 0) is 77.0 Å². The molecular formula is C45H81O8P. The molecule has 0 spiro atoms. The molecule has 0 aliphatic carbocycles. The molecule has 0 aromatic heterocycles. The quantitative estimate of drug-likeness (QED) is 0.0273. The molecule has 0 heterocycles. The molecule has 0 unspecified atom stereocenters. The van der Waals surface area contributed by atoms with Crippen LogP contribution in [0, 0.1) is 0 Å². The van der Waals surface area contributed by atoms with Gasteiger partial charge in [-0.2, -0.15) is 0 Å². The van der Waals surface area contributed by atoms with E-state index in [0.717, 1.165) is 51.4 Å². The standard InChI is InChI=1S/C45H81O8P/c1-3-5-7-9-11-13-15-17-19-20-21-22-23-24-26-28-30-32-34-36-38-40-45(47)53-43(42-52-54(48,49)50)41-51-44(46)39-37-35-33-31-29-27-25-18-16-14-12-10-8-6-4-2/h12,14,17-19,25,29,31,43H,3-11,13,15-16,20-24,26-28,30,32-42H2,1-2H3,(H2,48,49,50)/b14-12-,19-17-,25-18-,31-29-/t43-/m1/s1. The van der Waals surface area contributed by atoms with E-state index in [4.69, 9.17) is 19.3 Å². The highest BCUT2D eigenvalue weighted by Gasteiger charge is 2.22. The molecule has 314 valence electrons. The van der Waals surface area contributed by atoms with E-state index in [1.165, 1.54) is 116 Å². The molecule has 0 bridgehead atoms. The predicted octanol–water partition coefficient (Wildman–Crippen LogP) is 13.5. The highest BCUT2D eigenvalue weighted by Crippen LogP contribution is 2.36. The average molecular weight is 781 g/mol. The topological polar surface area (TPSA) is 119 Å². The van der Waals surface area contributed by atoms with Crippen LogP contribution >= 0.6 is 7.82 Å². The van der Waals surface area contributed by atoms with E-state index in [1.54, 1.807) is 0 Å². The molecule has 1 atom stereocenters. The van der Waals surface area contributed by atoms with E-state index < -0.39 is 32.5 Å². The Morgan fingerprint density at radius 1 is 0.481 bits per heavy atom. The number of carbonyl (C=O) groups is 2. The normalized spacial score (nSPS) is 12.9. The van der Waals surface area contributed by atoms with Crippen molar-refractivity contribution in [1.29, 1.82) is 0 Å². The van der Waals surface area contributed by atoms with Crippen LogP contribution in [0.25, 0.3) is 0 Å². The number of rotatable bonds is 40. The van der Waals surface area contributed by atoms with Crippen LogP contribution in [0.3, 0.4) is 0 Å². The summed E-state index contributed by atoms with van der Waals surface area (Å²) in [6.45, 7) is 3.63. The lowest BCUT2D eigenvalue weighted by molar-refractivity contribution is -0.161. The van der Waals surface area contributed by atoms with Gasteiger partial charge in [0.2, 0.25) is 0 Å². The molecule has 54 heavy (non-hydrogen) atoms. The van der Waals surface area contributed by atoms with Crippen LogP contribution < -0.4 is 0 Å². The minimum Gasteiger partial charge on any atom is -0.462 e. The smallest absolute Gasteiger partial charge is 0.462 e. The largest absolute Gasteiger partial charge is 0.469 e. The maximum atomic E-state index is 12.4. The van der Waals surface area contributed by atoms with Crippen molar-refractivity contribution in [2.75, 3.05) is 13.2 Å². The molecule has 2 N–H and O–H groups in total. The monoisotopic (exact) mass is 781 g/mol. The summed E-state index contributed by atoms with van der Waals surface area (Å²) >= 11 is 0. The third-order valence-corrected chi connectivity index (χ3v) is 9.81. The summed E-state index contributed by atoms with van der Waals surface area (Å²) in [4.78, 5) is 42.9. The van der Waals surface area contributed by atoms with Gasteiger partial charge in [-0.15, -0.1) is 0 Å². The van der Waals surface area contributed by atoms with E-state index in [0.29, 0.717) is 12.8 Å². The lowest BCUT2D eigenvalue weighted by Crippen LogP contribution is -2.29. The third-order valence-electron chi connectivity index (χ3n) is 9.32. The number of esters is 2. The van der Waals surface area contributed by atoms with Crippen LogP contribution in [0.2, 0.25) is 0 Å². The van der Waals surface area contributed by atoms with Gasteiger partial charge in [0.25, 0.3) is 0 Å². The first-order valence-electron chi connectivity index (χ1n) is 21.9. The van der Waals surface area contributed by atoms with Gasteiger partial charge in [0.15, 0.2) is 6.10 Å². The Morgan fingerprint density at radius 2 is 0.833 bits per heavy atom. The zero-order valence-electron chi connectivity index (χ0n) is 34.6. The van der Waals surface area contributed by atoms with E-state index in [9.17, 15) is 14.2 Å². The van der Waals surface area contributed by atoms with E-state index in [2.05, 4.69) is 67.0 Å². The average Bonchev–Trinajstić information content (AvgIpc) is 3.14. The van der Waals surface area contributed by atoms with Crippen molar-refractivity contribution in [2.45, 2.75) is 213 Å². The van der Waals surface area contributed by atoms with Crippen LogP contribution in [0.5, 0.6) is 0 Å². The molecule has 0 aliphatic rings. The van der Waals surface area contributed by atoms with Crippen molar-refractivity contribution < 1.29 is 37.9 Å². The fourth-order valence-electron chi connectivity index (χ4n) is 6.02. The second-order valence-electron chi connectivity index (χ2n) is 14.7. The zero-order chi connectivity index (χ0) is 39.6. The number of ether oxygens (including phenoxy) is 2. The second kappa shape index (κ2) is 40.7. The summed E-state index contributed by atoms with van der Waals surface area (Å²) in [6.07, 6.45) is 49.8. The van der Waals surface area contributed by atoms with Gasteiger partial charge in [0, 0.05) is 12.8 Å². The molecule has 0 saturated heterocycles. The molecule has 0 fully saturated rings. The maximum Gasteiger partial charge on any atom is 0.469 e. The summed E-state index contributed by atoms with van der Waals surface area (Å²) in [5.74, 6) is -0.928. The predicted molar refractivity (Wildman–Crippen MR) is 225 cm³/mol. The van der Waals surface area contributed by atoms with Gasteiger partial charge in [0.05, 0.1) is 6.61 Å². The SMILES string of the molecule is CCCCC/C=C\C/C=C\C/C=C\CCCCC(=O)OC[C@H](COP(=O)(O)O)OC(=O)CCCCCCCCCCCCC/C=C\CCCCCCCC. The number of hydrogen-bond donors (Lipinski definition) is 2. The fraction of sp³-hybridized carbons (Fsp3) is 0.778. The molecular weight excluding hydrogens is 699 g/mol. The van der Waals surface area contributed by atoms with Gasteiger partial charge >= 0.3 is 19.8 Å². The van der Waals surface area contributed by atoms with Crippen LogP contribution in [0.1, 0.15) is 206 Å². The second-order valence-corrected chi connectivity index (χ2v) is 15.9. The van der Waals surface area contributed by atoms with Crippen LogP contribution in [0.4, 0.5) is 0 Å². The molecule has 8 nitrogen and oxygen atoms in total. The summed E-state index contributed by atoms with van der Waals surface area (Å²) in [5, 5.41) is 0. The van der Waals surface area contributed by atoms with Crippen LogP contribution in [0.15, 0.2) is 48.6 Å². The summed E-state index contributed by atoms with van der Waals surface area (Å²) in [7, 11) is -4.76. The zero-order valence-corrected chi connectivity index (χ0v) is 35.5. The number of hydrogen-bond acceptors (Lipinski definition) is 6. The molecule has 0 aromatic carbocycles. The van der Waals surface area contributed by atoms with Crippen LogP contribution in [-0.2, 0) is 28.2 Å². The Labute approximate surface area is 331 Å². The summed E-state index contributed by atoms with van der Waals surface area (Å²) in [6, 6.07) is 0. The number of phosphoric ester groups is 1. The van der Waals surface area contributed by atoms with Gasteiger partial charge < -0.3 is 19.3 Å². The molecule has 9 heteroatoms. The molecule has 0 aliphatic heterocycles. The summed E-state index contributed by atoms with van der Waals surface area (Å²) < 4.78 is 26.4. The van der Waals surface area contributed by atoms with Crippen molar-refractivity contribution in [3.63, 3.8) is 0 Å². The van der Waals surface area contributed by atoms with Crippen LogP contribution in [-0.4, -0.2) is 41.0 Å². The lowest BCUT2D eigenvalue weighted by Gasteiger charge is -2.18. The highest BCUT2D eigenvalue weighted by molar-refractivity contribution is 7.46. The molecule has 0 radical (unpaired) electrons. The number of carbonyl (C=O) groups excluding carboxylic acids is 2. The minimum atomic E-state index is -4.76. The minimum absolute atomic E-state index is 0.202. The first kappa shape index (κ1) is 52.0. The first-order chi connectivity index (χ1) is 26.3. The first-order valence-corrected chi connectivity index (χ1v) is 23.5. The molecule has 0 rings (SSSR count). The van der Waals surface area contributed by atoms with Crippen molar-refractivity contribution in [2.24, 2.45) is 0 Å².